The van der Waals surface area contributed by atoms with Gasteiger partial charge in [-0.3, -0.25) is 0 Å². The van der Waals surface area contributed by atoms with Crippen LogP contribution in [-0.2, 0) is 11.2 Å². The fourth-order valence-corrected chi connectivity index (χ4v) is 4.70. The zero-order valence-corrected chi connectivity index (χ0v) is 13.3. The molecule has 0 aromatic carbocycles. The highest BCUT2D eigenvalue weighted by Gasteiger charge is 2.55. The normalized spacial score (nSPS) is 28.4. The number of thiazole rings is 1. The molecule has 2 atom stereocenters. The molecule has 2 fully saturated rings. The molecule has 0 saturated heterocycles. The number of aromatic nitrogens is 1. The van der Waals surface area contributed by atoms with Gasteiger partial charge in [-0.05, 0) is 26.2 Å². The minimum Gasteiger partial charge on any atom is -0.378 e. The van der Waals surface area contributed by atoms with Crippen LogP contribution < -0.4 is 5.32 Å². The first-order valence-corrected chi connectivity index (χ1v) is 8.96. The van der Waals surface area contributed by atoms with E-state index in [1.54, 1.807) is 11.3 Å². The van der Waals surface area contributed by atoms with Crippen LogP contribution in [0, 0.1) is 5.41 Å². The Morgan fingerprint density at radius 3 is 2.95 bits per heavy atom. The van der Waals surface area contributed by atoms with Crippen LogP contribution in [0.5, 0.6) is 0 Å². The van der Waals surface area contributed by atoms with Gasteiger partial charge >= 0.3 is 0 Å². The number of nitrogens with zero attached hydrogens (tertiary/aromatic N) is 1. The first-order chi connectivity index (χ1) is 9.85. The largest absolute Gasteiger partial charge is 0.378 e. The summed E-state index contributed by atoms with van der Waals surface area (Å²) in [5.74, 6) is 0. The first-order valence-electron chi connectivity index (χ1n) is 8.08. The molecule has 1 N–H and O–H groups in total. The van der Waals surface area contributed by atoms with Crippen molar-refractivity contribution in [3.8, 4) is 0 Å². The molecule has 2 aliphatic carbocycles. The number of rotatable bonds is 6. The second kappa shape index (κ2) is 6.54. The Labute approximate surface area is 126 Å². The molecule has 3 nitrogen and oxygen atoms in total. The average Bonchev–Trinajstić information content (AvgIpc) is 3.00. The van der Waals surface area contributed by atoms with Crippen LogP contribution in [0.25, 0.3) is 0 Å². The highest BCUT2D eigenvalue weighted by molar-refractivity contribution is 7.09. The van der Waals surface area contributed by atoms with E-state index < -0.39 is 0 Å². The summed E-state index contributed by atoms with van der Waals surface area (Å²) in [4.78, 5) is 4.36. The minimum absolute atomic E-state index is 0.442. The van der Waals surface area contributed by atoms with Gasteiger partial charge in [0.15, 0.2) is 0 Å². The third kappa shape index (κ3) is 2.78. The molecule has 0 aliphatic heterocycles. The standard InChI is InChI=1S/C16H26N2OS/c1-2-19-14-12-13(16(14)7-4-3-5-8-16)17-9-6-15-18-10-11-20-15/h10-11,13-14,17H,2-9,12H2,1H3. The van der Waals surface area contributed by atoms with Crippen LogP contribution in [0.3, 0.4) is 0 Å². The molecule has 1 aromatic rings. The van der Waals surface area contributed by atoms with Crippen LogP contribution in [0.1, 0.15) is 50.5 Å². The molecule has 1 aromatic heterocycles. The zero-order valence-electron chi connectivity index (χ0n) is 12.4. The van der Waals surface area contributed by atoms with Crippen molar-refractivity contribution >= 4 is 11.3 Å². The highest BCUT2D eigenvalue weighted by Crippen LogP contribution is 2.53. The topological polar surface area (TPSA) is 34.1 Å². The lowest BCUT2D eigenvalue weighted by atomic mass is 9.55. The number of ether oxygens (including phenoxy) is 1. The molecule has 112 valence electrons. The number of hydrogen-bond acceptors (Lipinski definition) is 4. The van der Waals surface area contributed by atoms with Crippen LogP contribution in [0.4, 0.5) is 0 Å². The molecule has 4 heteroatoms. The maximum Gasteiger partial charge on any atom is 0.0937 e. The Bertz CT molecular complexity index is 401. The van der Waals surface area contributed by atoms with Crippen LogP contribution in [-0.4, -0.2) is 30.3 Å². The zero-order chi connectivity index (χ0) is 13.8. The molecule has 1 heterocycles. The molecular weight excluding hydrogens is 268 g/mol. The lowest BCUT2D eigenvalue weighted by molar-refractivity contribution is -0.149. The van der Waals surface area contributed by atoms with E-state index in [1.807, 2.05) is 6.20 Å². The summed E-state index contributed by atoms with van der Waals surface area (Å²) in [5.41, 5.74) is 0.442. The number of hydrogen-bond donors (Lipinski definition) is 1. The Morgan fingerprint density at radius 1 is 1.40 bits per heavy atom. The maximum atomic E-state index is 6.00. The Kier molecular flexibility index (Phi) is 4.74. The molecule has 0 bridgehead atoms. The van der Waals surface area contributed by atoms with Gasteiger partial charge in [-0.2, -0.15) is 0 Å². The summed E-state index contributed by atoms with van der Waals surface area (Å²) in [6.45, 7) is 4.04. The van der Waals surface area contributed by atoms with Gasteiger partial charge in [0.25, 0.3) is 0 Å². The third-order valence-electron chi connectivity index (χ3n) is 5.15. The van der Waals surface area contributed by atoms with Gasteiger partial charge in [-0.1, -0.05) is 19.3 Å². The van der Waals surface area contributed by atoms with E-state index in [0.717, 1.165) is 19.6 Å². The summed E-state index contributed by atoms with van der Waals surface area (Å²) < 4.78 is 6.00. The smallest absolute Gasteiger partial charge is 0.0937 e. The van der Waals surface area contributed by atoms with Crippen molar-refractivity contribution in [2.24, 2.45) is 5.41 Å². The molecule has 0 amide bonds. The Balaban J connectivity index is 1.53. The summed E-state index contributed by atoms with van der Waals surface area (Å²) in [6, 6.07) is 0.666. The van der Waals surface area contributed by atoms with Gasteiger partial charge in [0.1, 0.15) is 0 Å². The van der Waals surface area contributed by atoms with Crippen molar-refractivity contribution in [1.82, 2.24) is 10.3 Å². The monoisotopic (exact) mass is 294 g/mol. The second-order valence-corrected chi connectivity index (χ2v) is 7.14. The lowest BCUT2D eigenvalue weighted by Gasteiger charge is -2.58. The van der Waals surface area contributed by atoms with Gasteiger partial charge in [-0.25, -0.2) is 4.98 Å². The average molecular weight is 294 g/mol. The van der Waals surface area contributed by atoms with Crippen LogP contribution >= 0.6 is 11.3 Å². The second-order valence-electron chi connectivity index (χ2n) is 6.16. The molecule has 20 heavy (non-hydrogen) atoms. The van der Waals surface area contributed by atoms with E-state index in [2.05, 4.69) is 22.6 Å². The predicted octanol–water partition coefficient (Wildman–Crippen LogP) is 3.40. The van der Waals surface area contributed by atoms with Gasteiger partial charge in [0.2, 0.25) is 0 Å². The molecule has 2 saturated carbocycles. The van der Waals surface area contributed by atoms with Crippen molar-refractivity contribution in [3.05, 3.63) is 16.6 Å². The molecule has 2 unspecified atom stereocenters. The number of nitrogens with one attached hydrogen (secondary N) is 1. The van der Waals surface area contributed by atoms with Crippen molar-refractivity contribution in [3.63, 3.8) is 0 Å². The van der Waals surface area contributed by atoms with E-state index in [-0.39, 0.29) is 0 Å². The summed E-state index contributed by atoms with van der Waals surface area (Å²) in [6.07, 6.45) is 11.5. The van der Waals surface area contributed by atoms with Gasteiger partial charge < -0.3 is 10.1 Å². The molecule has 2 aliphatic rings. The maximum absolute atomic E-state index is 6.00. The minimum atomic E-state index is 0.442. The summed E-state index contributed by atoms with van der Waals surface area (Å²) >= 11 is 1.76. The van der Waals surface area contributed by atoms with Crippen LogP contribution in [0.2, 0.25) is 0 Å². The summed E-state index contributed by atoms with van der Waals surface area (Å²) in [5, 5.41) is 7.10. The van der Waals surface area contributed by atoms with Crippen molar-refractivity contribution in [2.45, 2.75) is 64.0 Å². The van der Waals surface area contributed by atoms with E-state index in [9.17, 15) is 0 Å². The van der Waals surface area contributed by atoms with Crippen LogP contribution in [0.15, 0.2) is 11.6 Å². The van der Waals surface area contributed by atoms with E-state index in [1.165, 1.54) is 43.5 Å². The molecule has 0 radical (unpaired) electrons. The van der Waals surface area contributed by atoms with Gasteiger partial charge in [0.05, 0.1) is 11.1 Å². The fourth-order valence-electron chi connectivity index (χ4n) is 4.08. The lowest BCUT2D eigenvalue weighted by Crippen LogP contribution is -2.64. The van der Waals surface area contributed by atoms with Gasteiger partial charge in [-0.15, -0.1) is 11.3 Å². The first kappa shape index (κ1) is 14.5. The van der Waals surface area contributed by atoms with Crippen molar-refractivity contribution < 1.29 is 4.74 Å². The summed E-state index contributed by atoms with van der Waals surface area (Å²) in [7, 11) is 0. The molecular formula is C16H26N2OS. The van der Waals surface area contributed by atoms with Gasteiger partial charge in [0, 0.05) is 42.6 Å². The van der Waals surface area contributed by atoms with E-state index >= 15 is 0 Å². The third-order valence-corrected chi connectivity index (χ3v) is 5.99. The Hall–Kier alpha value is -0.450. The quantitative estimate of drug-likeness (QED) is 0.873. The SMILES string of the molecule is CCOC1CC(NCCc2nccs2)C12CCCCC2. The predicted molar refractivity (Wildman–Crippen MR) is 83.2 cm³/mol. The Morgan fingerprint density at radius 2 is 2.25 bits per heavy atom. The molecule has 1 spiro atoms. The molecule has 3 rings (SSSR count). The van der Waals surface area contributed by atoms with Crippen molar-refractivity contribution in [1.29, 1.82) is 0 Å². The highest BCUT2D eigenvalue weighted by atomic mass is 32.1. The van der Waals surface area contributed by atoms with E-state index in [0.29, 0.717) is 17.6 Å². The fraction of sp³-hybridized carbons (Fsp3) is 0.812. The van der Waals surface area contributed by atoms with E-state index in [4.69, 9.17) is 4.74 Å². The van der Waals surface area contributed by atoms with Crippen molar-refractivity contribution in [2.75, 3.05) is 13.2 Å².